The van der Waals surface area contributed by atoms with Gasteiger partial charge in [-0.15, -0.1) is 0 Å². The summed E-state index contributed by atoms with van der Waals surface area (Å²) >= 11 is 0. The molecule has 3 fully saturated rings. The van der Waals surface area contributed by atoms with Gasteiger partial charge in [0, 0.05) is 0 Å². The molecule has 0 bridgehead atoms. The van der Waals surface area contributed by atoms with Crippen LogP contribution in [-0.2, 0) is 19.2 Å². The van der Waals surface area contributed by atoms with Gasteiger partial charge >= 0.3 is 0 Å². The number of anilines is 2. The van der Waals surface area contributed by atoms with Crippen LogP contribution in [0.25, 0.3) is 0 Å². The van der Waals surface area contributed by atoms with E-state index in [2.05, 4.69) is 0 Å². The fourth-order valence-electron chi connectivity index (χ4n) is 6.86. The first-order chi connectivity index (χ1) is 16.7. The molecule has 0 radical (unpaired) electrons. The number of nitrogens with zero attached hydrogens (tertiary/aromatic N) is 2. The van der Waals surface area contributed by atoms with Crippen LogP contribution in [-0.4, -0.2) is 23.6 Å². The zero-order chi connectivity index (χ0) is 26.7. The van der Waals surface area contributed by atoms with E-state index in [4.69, 9.17) is 0 Å². The summed E-state index contributed by atoms with van der Waals surface area (Å²) in [5.74, 6) is -4.53. The van der Waals surface area contributed by atoms with Crippen LogP contribution in [0.1, 0.15) is 55.6 Å². The largest absolute Gasteiger partial charge is 0.274 e. The highest BCUT2D eigenvalue weighted by Crippen LogP contribution is 2.58. The lowest BCUT2D eigenvalue weighted by atomic mass is 9.59. The van der Waals surface area contributed by atoms with E-state index in [0.29, 0.717) is 11.4 Å². The van der Waals surface area contributed by atoms with E-state index >= 15 is 0 Å². The Morgan fingerprint density at radius 3 is 0.694 bits per heavy atom. The second-order valence-corrected chi connectivity index (χ2v) is 11.1. The van der Waals surface area contributed by atoms with Crippen molar-refractivity contribution >= 4 is 35.0 Å². The lowest BCUT2D eigenvalue weighted by Gasteiger charge is -2.36. The van der Waals surface area contributed by atoms with Gasteiger partial charge in [0.15, 0.2) is 0 Å². The number of benzene rings is 2. The Morgan fingerprint density at radius 1 is 0.333 bits per heavy atom. The number of fused-ring (bicyclic) bond motifs is 4. The second kappa shape index (κ2) is 7.61. The Morgan fingerprint density at radius 2 is 0.500 bits per heavy atom. The molecule has 0 atom stereocenters. The van der Waals surface area contributed by atoms with E-state index in [1.807, 2.05) is 69.2 Å². The molecule has 4 amide bonds. The first kappa shape index (κ1) is 24.4. The van der Waals surface area contributed by atoms with Crippen LogP contribution >= 0.6 is 0 Å². The molecule has 1 aliphatic carbocycles. The number of carbonyl (C=O) groups excluding carboxylic acids is 4. The van der Waals surface area contributed by atoms with Gasteiger partial charge < -0.3 is 0 Å². The maximum atomic E-state index is 13.7. The van der Waals surface area contributed by atoms with E-state index in [0.717, 1.165) is 55.6 Å². The van der Waals surface area contributed by atoms with Gasteiger partial charge in [-0.2, -0.15) is 0 Å². The molecule has 188 valence electrons. The molecule has 1 saturated carbocycles. The fourth-order valence-corrected chi connectivity index (χ4v) is 6.86. The highest BCUT2D eigenvalue weighted by molar-refractivity contribution is 6.32. The third kappa shape index (κ3) is 2.67. The van der Waals surface area contributed by atoms with E-state index in [-0.39, 0.29) is 23.6 Å². The molecule has 2 aromatic carbocycles. The molecule has 2 saturated heterocycles. The minimum atomic E-state index is -0.780. The van der Waals surface area contributed by atoms with Gasteiger partial charge in [0.2, 0.25) is 23.6 Å². The lowest BCUT2D eigenvalue weighted by Crippen LogP contribution is -2.50. The molecule has 2 heterocycles. The Labute approximate surface area is 212 Å². The van der Waals surface area contributed by atoms with Crippen molar-refractivity contribution in [1.29, 1.82) is 0 Å². The summed E-state index contributed by atoms with van der Waals surface area (Å²) < 4.78 is 0. The molecule has 36 heavy (non-hydrogen) atoms. The Kier molecular flexibility index (Phi) is 5.16. The van der Waals surface area contributed by atoms with Gasteiger partial charge in [-0.05, 0) is 125 Å². The van der Waals surface area contributed by atoms with Crippen LogP contribution in [0, 0.1) is 92.9 Å². The topological polar surface area (TPSA) is 74.8 Å². The first-order valence-corrected chi connectivity index (χ1v) is 12.6. The minimum Gasteiger partial charge on any atom is -0.274 e. The van der Waals surface area contributed by atoms with Crippen molar-refractivity contribution in [3.8, 4) is 0 Å². The Hall–Kier alpha value is -3.28. The molecule has 2 aromatic rings. The van der Waals surface area contributed by atoms with Gasteiger partial charge in [0.05, 0.1) is 35.0 Å². The number of carbonyl (C=O) groups is 4. The molecule has 5 rings (SSSR count). The van der Waals surface area contributed by atoms with Gasteiger partial charge in [0.25, 0.3) is 0 Å². The van der Waals surface area contributed by atoms with Crippen molar-refractivity contribution in [2.75, 3.05) is 9.80 Å². The molecule has 6 heteroatoms. The Balaban J connectivity index is 1.58. The molecule has 6 nitrogen and oxygen atoms in total. The lowest BCUT2D eigenvalue weighted by molar-refractivity contribution is -0.146. The molecule has 3 aliphatic rings. The third-order valence-corrected chi connectivity index (χ3v) is 9.94. The maximum Gasteiger partial charge on any atom is 0.238 e. The third-order valence-electron chi connectivity index (χ3n) is 9.94. The SMILES string of the molecule is Cc1c(C)c(C)c(N2C(=O)C3C(C2=O)C2C(=O)N(c4c(C)c(C)c(C)c(C)c4C)C(=O)C32)c(C)c1C. The highest BCUT2D eigenvalue weighted by Gasteiger charge is 2.74. The molecular weight excluding hydrogens is 452 g/mol. The van der Waals surface area contributed by atoms with Gasteiger partial charge in [-0.3, -0.25) is 19.2 Å². The van der Waals surface area contributed by atoms with Crippen LogP contribution in [0.5, 0.6) is 0 Å². The van der Waals surface area contributed by atoms with Gasteiger partial charge in [0.1, 0.15) is 0 Å². The molecule has 0 N–H and O–H groups in total. The Bertz CT molecular complexity index is 1230. The molecular formula is C30H34N2O4. The zero-order valence-electron chi connectivity index (χ0n) is 22.8. The average Bonchev–Trinajstić information content (AvgIpc) is 3.14. The smallest absolute Gasteiger partial charge is 0.238 e. The monoisotopic (exact) mass is 486 g/mol. The average molecular weight is 487 g/mol. The van der Waals surface area contributed by atoms with Crippen molar-refractivity contribution in [2.24, 2.45) is 23.7 Å². The van der Waals surface area contributed by atoms with Gasteiger partial charge in [-0.25, -0.2) is 9.80 Å². The summed E-state index contributed by atoms with van der Waals surface area (Å²) in [6, 6.07) is 0. The van der Waals surface area contributed by atoms with Crippen molar-refractivity contribution in [3.63, 3.8) is 0 Å². The molecule has 0 unspecified atom stereocenters. The van der Waals surface area contributed by atoms with E-state index in [1.54, 1.807) is 0 Å². The van der Waals surface area contributed by atoms with Crippen LogP contribution in [0.15, 0.2) is 0 Å². The van der Waals surface area contributed by atoms with E-state index < -0.39 is 23.7 Å². The predicted molar refractivity (Wildman–Crippen MR) is 139 cm³/mol. The van der Waals surface area contributed by atoms with Crippen LogP contribution in [0.3, 0.4) is 0 Å². The standard InChI is InChI=1S/C30H34N2O4/c1-11-13(3)17(7)25(18(8)14(11)4)31-27(33)21-22(28(31)34)24-23(21)29(35)32(30(24)36)26-19(9)15(5)12(2)16(6)20(26)10/h21-24H,1-10H3. The van der Waals surface area contributed by atoms with Crippen LogP contribution in [0.4, 0.5) is 11.4 Å². The van der Waals surface area contributed by atoms with Crippen LogP contribution < -0.4 is 9.80 Å². The molecule has 0 spiro atoms. The summed E-state index contributed by atoms with van der Waals surface area (Å²) in [6.45, 7) is 19.8. The number of rotatable bonds is 2. The van der Waals surface area contributed by atoms with Gasteiger partial charge in [-0.1, -0.05) is 0 Å². The maximum absolute atomic E-state index is 13.7. The normalized spacial score (nSPS) is 25.1. The summed E-state index contributed by atoms with van der Waals surface area (Å²) in [6.07, 6.45) is 0. The number of imide groups is 2. The van der Waals surface area contributed by atoms with Crippen molar-refractivity contribution in [3.05, 3.63) is 55.6 Å². The predicted octanol–water partition coefficient (Wildman–Crippen LogP) is 4.70. The fraction of sp³-hybridized carbons (Fsp3) is 0.467. The summed E-state index contributed by atoms with van der Waals surface area (Å²) in [7, 11) is 0. The molecule has 2 aliphatic heterocycles. The van der Waals surface area contributed by atoms with Crippen molar-refractivity contribution in [1.82, 2.24) is 0 Å². The minimum absolute atomic E-state index is 0.354. The summed E-state index contributed by atoms with van der Waals surface area (Å²) in [5, 5.41) is 0. The van der Waals surface area contributed by atoms with Crippen LogP contribution in [0.2, 0.25) is 0 Å². The number of hydrogen-bond acceptors (Lipinski definition) is 4. The second-order valence-electron chi connectivity index (χ2n) is 11.1. The zero-order valence-corrected chi connectivity index (χ0v) is 22.8. The number of amides is 4. The summed E-state index contributed by atoms with van der Waals surface area (Å²) in [5.41, 5.74) is 11.2. The highest BCUT2D eigenvalue weighted by atomic mass is 16.2. The summed E-state index contributed by atoms with van der Waals surface area (Å²) in [4.78, 5) is 57.5. The van der Waals surface area contributed by atoms with Crippen molar-refractivity contribution < 1.29 is 19.2 Å². The van der Waals surface area contributed by atoms with E-state index in [1.165, 1.54) is 9.80 Å². The van der Waals surface area contributed by atoms with E-state index in [9.17, 15) is 19.2 Å². The number of hydrogen-bond donors (Lipinski definition) is 0. The first-order valence-electron chi connectivity index (χ1n) is 12.6. The quantitative estimate of drug-likeness (QED) is 0.577. The van der Waals surface area contributed by atoms with Crippen molar-refractivity contribution in [2.45, 2.75) is 69.2 Å². The molecule has 0 aromatic heterocycles.